The van der Waals surface area contributed by atoms with Crippen molar-refractivity contribution < 1.29 is 15.0 Å². The summed E-state index contributed by atoms with van der Waals surface area (Å²) in [4.78, 5) is 17.5. The highest BCUT2D eigenvalue weighted by molar-refractivity contribution is 6.10. The van der Waals surface area contributed by atoms with E-state index in [0.717, 1.165) is 29.5 Å². The first-order valence-electron chi connectivity index (χ1n) is 11.9. The Morgan fingerprint density at radius 2 is 1.83 bits per heavy atom. The van der Waals surface area contributed by atoms with Gasteiger partial charge in [0, 0.05) is 18.5 Å². The maximum absolute atomic E-state index is 13.2. The van der Waals surface area contributed by atoms with Gasteiger partial charge in [-0.3, -0.25) is 9.78 Å². The van der Waals surface area contributed by atoms with Crippen LogP contribution in [0.3, 0.4) is 0 Å². The summed E-state index contributed by atoms with van der Waals surface area (Å²) in [6, 6.07) is 23.0. The minimum atomic E-state index is -0.279. The number of rotatable bonds is 4. The van der Waals surface area contributed by atoms with Crippen molar-refractivity contribution in [2.24, 2.45) is 0 Å². The zero-order chi connectivity index (χ0) is 24.4. The third kappa shape index (κ3) is 4.73. The molecule has 1 unspecified atom stereocenters. The molecule has 0 saturated carbocycles. The SMILES string of the molecule is Cc1ccccc1-c1ccc2c(c1)CCC(c1cccnc1)C/C2=C/C(=O)c1ccc(O)cc1O. The summed E-state index contributed by atoms with van der Waals surface area (Å²) in [7, 11) is 0. The number of hydrogen-bond donors (Lipinski definition) is 2. The van der Waals surface area contributed by atoms with Crippen molar-refractivity contribution in [2.45, 2.75) is 32.1 Å². The van der Waals surface area contributed by atoms with Crippen LogP contribution in [0.25, 0.3) is 16.7 Å². The Morgan fingerprint density at radius 3 is 2.60 bits per heavy atom. The minimum absolute atomic E-state index is 0.0770. The molecule has 4 nitrogen and oxygen atoms in total. The number of carbonyl (C=O) groups excluding carboxylic acids is 1. The molecular weight excluding hydrogens is 434 g/mol. The number of benzene rings is 3. The number of ketones is 1. The third-order valence-electron chi connectivity index (χ3n) is 6.84. The van der Waals surface area contributed by atoms with Crippen LogP contribution in [0.4, 0.5) is 0 Å². The van der Waals surface area contributed by atoms with Gasteiger partial charge in [-0.25, -0.2) is 0 Å². The van der Waals surface area contributed by atoms with Crippen LogP contribution in [-0.4, -0.2) is 21.0 Å². The molecule has 0 bridgehead atoms. The molecule has 1 heterocycles. The van der Waals surface area contributed by atoms with Gasteiger partial charge in [0.05, 0.1) is 5.56 Å². The van der Waals surface area contributed by atoms with E-state index in [4.69, 9.17) is 0 Å². The highest BCUT2D eigenvalue weighted by Crippen LogP contribution is 2.40. The topological polar surface area (TPSA) is 70.4 Å². The number of phenolic OH excluding ortho intramolecular Hbond substituents is 2. The number of carbonyl (C=O) groups is 1. The molecule has 1 atom stereocenters. The third-order valence-corrected chi connectivity index (χ3v) is 6.84. The molecule has 4 aromatic rings. The lowest BCUT2D eigenvalue weighted by Gasteiger charge is -2.16. The molecule has 0 spiro atoms. The van der Waals surface area contributed by atoms with Crippen molar-refractivity contribution in [2.75, 3.05) is 0 Å². The number of aryl methyl sites for hydroxylation is 2. The average molecular weight is 462 g/mol. The van der Waals surface area contributed by atoms with Crippen LogP contribution >= 0.6 is 0 Å². The molecule has 0 amide bonds. The van der Waals surface area contributed by atoms with Crippen molar-refractivity contribution in [1.82, 2.24) is 4.98 Å². The molecule has 1 aliphatic carbocycles. The van der Waals surface area contributed by atoms with E-state index < -0.39 is 0 Å². The molecule has 3 aromatic carbocycles. The van der Waals surface area contributed by atoms with Crippen LogP contribution < -0.4 is 0 Å². The molecule has 0 fully saturated rings. The molecular formula is C31H27NO3. The monoisotopic (exact) mass is 461 g/mol. The number of aromatic nitrogens is 1. The first-order valence-corrected chi connectivity index (χ1v) is 11.9. The smallest absolute Gasteiger partial charge is 0.189 e. The Bertz CT molecular complexity index is 1420. The fraction of sp³-hybridized carbons (Fsp3) is 0.161. The van der Waals surface area contributed by atoms with Crippen molar-refractivity contribution in [3.63, 3.8) is 0 Å². The first kappa shape index (κ1) is 22.6. The van der Waals surface area contributed by atoms with Crippen molar-refractivity contribution >= 4 is 11.4 Å². The molecule has 0 aliphatic heterocycles. The standard InChI is InChI=1S/C31H27NO3/c1-20-5-2-3-7-27(20)22-10-12-28-23(16-22)9-8-21(24-6-4-14-32-19-24)15-25(28)17-30(34)29-13-11-26(33)18-31(29)35/h2-7,10-14,16-19,21,33,35H,8-9,15H2,1H3/b25-17-. The second kappa shape index (κ2) is 9.59. The number of pyridine rings is 1. The molecule has 174 valence electrons. The van der Waals surface area contributed by atoms with Gasteiger partial charge in [0.1, 0.15) is 11.5 Å². The Labute approximate surface area is 205 Å². The number of fused-ring (bicyclic) bond motifs is 1. The van der Waals surface area contributed by atoms with Crippen LogP contribution in [0.1, 0.15) is 51.4 Å². The number of allylic oxidation sites excluding steroid dienone is 2. The Kier molecular flexibility index (Phi) is 6.19. The fourth-order valence-electron chi connectivity index (χ4n) is 4.99. The minimum Gasteiger partial charge on any atom is -0.508 e. The van der Waals surface area contributed by atoms with Gasteiger partial charge in [0.2, 0.25) is 0 Å². The Hall–Kier alpha value is -4.18. The highest BCUT2D eigenvalue weighted by atomic mass is 16.3. The van der Waals surface area contributed by atoms with E-state index in [2.05, 4.69) is 54.4 Å². The summed E-state index contributed by atoms with van der Waals surface area (Å²) in [5.41, 5.74) is 8.16. The summed E-state index contributed by atoms with van der Waals surface area (Å²) >= 11 is 0. The molecule has 35 heavy (non-hydrogen) atoms. The molecule has 1 aliphatic rings. The molecule has 2 N–H and O–H groups in total. The van der Waals surface area contributed by atoms with E-state index in [1.165, 1.54) is 40.5 Å². The van der Waals surface area contributed by atoms with Crippen LogP contribution in [-0.2, 0) is 6.42 Å². The number of hydrogen-bond acceptors (Lipinski definition) is 4. The molecule has 5 rings (SSSR count). The average Bonchev–Trinajstić information content (AvgIpc) is 3.04. The summed E-state index contributed by atoms with van der Waals surface area (Å²) in [6.07, 6.45) is 7.87. The lowest BCUT2D eigenvalue weighted by Crippen LogP contribution is -2.02. The fourth-order valence-corrected chi connectivity index (χ4v) is 4.99. The van der Waals surface area contributed by atoms with Gasteiger partial charge in [0.15, 0.2) is 5.78 Å². The maximum atomic E-state index is 13.2. The van der Waals surface area contributed by atoms with E-state index in [-0.39, 0.29) is 28.8 Å². The summed E-state index contributed by atoms with van der Waals surface area (Å²) in [5.74, 6) is -0.352. The summed E-state index contributed by atoms with van der Waals surface area (Å²) in [6.45, 7) is 2.12. The normalized spacial score (nSPS) is 16.5. The van der Waals surface area contributed by atoms with Gasteiger partial charge >= 0.3 is 0 Å². The molecule has 1 aromatic heterocycles. The number of phenols is 2. The second-order valence-electron chi connectivity index (χ2n) is 9.15. The van der Waals surface area contributed by atoms with Gasteiger partial charge in [-0.05, 0) is 95.3 Å². The van der Waals surface area contributed by atoms with Crippen molar-refractivity contribution in [3.8, 4) is 22.6 Å². The molecule has 0 saturated heterocycles. The van der Waals surface area contributed by atoms with Crippen LogP contribution in [0.2, 0.25) is 0 Å². The van der Waals surface area contributed by atoms with Gasteiger partial charge in [-0.1, -0.05) is 48.5 Å². The number of aromatic hydroxyl groups is 2. The van der Waals surface area contributed by atoms with Gasteiger partial charge in [-0.15, -0.1) is 0 Å². The Balaban J connectivity index is 1.59. The van der Waals surface area contributed by atoms with Crippen molar-refractivity contribution in [1.29, 1.82) is 0 Å². The van der Waals surface area contributed by atoms with E-state index in [1.807, 2.05) is 18.3 Å². The summed E-state index contributed by atoms with van der Waals surface area (Å²) in [5, 5.41) is 19.9. The lowest BCUT2D eigenvalue weighted by molar-refractivity contribution is 0.104. The highest BCUT2D eigenvalue weighted by Gasteiger charge is 2.23. The quantitative estimate of drug-likeness (QED) is 0.198. The van der Waals surface area contributed by atoms with E-state index in [0.29, 0.717) is 6.42 Å². The first-order chi connectivity index (χ1) is 17.0. The van der Waals surface area contributed by atoms with E-state index >= 15 is 0 Å². The largest absolute Gasteiger partial charge is 0.508 e. The number of nitrogens with zero attached hydrogens (tertiary/aromatic N) is 1. The van der Waals surface area contributed by atoms with Crippen molar-refractivity contribution in [3.05, 3.63) is 119 Å². The molecule has 0 radical (unpaired) electrons. The van der Waals surface area contributed by atoms with Crippen LogP contribution in [0, 0.1) is 6.92 Å². The van der Waals surface area contributed by atoms with E-state index in [1.54, 1.807) is 12.3 Å². The van der Waals surface area contributed by atoms with Gasteiger partial charge in [0.25, 0.3) is 0 Å². The Morgan fingerprint density at radius 1 is 0.971 bits per heavy atom. The van der Waals surface area contributed by atoms with Gasteiger partial charge in [-0.2, -0.15) is 0 Å². The van der Waals surface area contributed by atoms with Crippen LogP contribution in [0.5, 0.6) is 11.5 Å². The zero-order valence-corrected chi connectivity index (χ0v) is 19.6. The predicted molar refractivity (Wildman–Crippen MR) is 139 cm³/mol. The summed E-state index contributed by atoms with van der Waals surface area (Å²) < 4.78 is 0. The maximum Gasteiger partial charge on any atom is 0.189 e. The second-order valence-corrected chi connectivity index (χ2v) is 9.15. The predicted octanol–water partition coefficient (Wildman–Crippen LogP) is 6.85. The molecule has 4 heteroatoms. The van der Waals surface area contributed by atoms with Crippen LogP contribution in [0.15, 0.2) is 91.3 Å². The lowest BCUT2D eigenvalue weighted by atomic mass is 9.89. The van der Waals surface area contributed by atoms with E-state index in [9.17, 15) is 15.0 Å². The zero-order valence-electron chi connectivity index (χ0n) is 19.6. The van der Waals surface area contributed by atoms with Gasteiger partial charge < -0.3 is 10.2 Å².